The van der Waals surface area contributed by atoms with Gasteiger partial charge in [-0.1, -0.05) is 30.3 Å². The van der Waals surface area contributed by atoms with E-state index < -0.39 is 6.10 Å². The van der Waals surface area contributed by atoms with Crippen LogP contribution in [-0.2, 0) is 5.11 Å². The molecule has 0 saturated carbocycles. The molecule has 1 unspecified atom stereocenters. The molecule has 0 fully saturated rings. The second kappa shape index (κ2) is 4.87. The quantitative estimate of drug-likeness (QED) is 0.647. The Morgan fingerprint density at radius 2 is 2.00 bits per heavy atom. The maximum absolute atomic E-state index is 10.0. The zero-order valence-corrected chi connectivity index (χ0v) is 6.73. The predicted molar refractivity (Wildman–Crippen MR) is 45.0 cm³/mol. The standard InChI is InChI=1S/C9H12NO2/c11-7-10-6-9(12)8-4-2-1-3-5-8/h1-5,9-10,12H,6-7H2. The Morgan fingerprint density at radius 1 is 1.33 bits per heavy atom. The average Bonchev–Trinajstić information content (AvgIpc) is 2.15. The van der Waals surface area contributed by atoms with Crippen LogP contribution in [0.5, 0.6) is 0 Å². The van der Waals surface area contributed by atoms with Gasteiger partial charge in [-0.05, 0) is 5.56 Å². The summed E-state index contributed by atoms with van der Waals surface area (Å²) in [6.45, 7) is -0.0442. The van der Waals surface area contributed by atoms with Crippen molar-refractivity contribution in [3.63, 3.8) is 0 Å². The average molecular weight is 166 g/mol. The Balaban J connectivity index is 2.48. The smallest absolute Gasteiger partial charge is 0.133 e. The minimum atomic E-state index is -0.583. The Bertz CT molecular complexity index is 213. The largest absolute Gasteiger partial charge is 0.387 e. The first kappa shape index (κ1) is 9.19. The second-order valence-electron chi connectivity index (χ2n) is 2.52. The van der Waals surface area contributed by atoms with Gasteiger partial charge in [-0.15, -0.1) is 0 Å². The van der Waals surface area contributed by atoms with Gasteiger partial charge in [0.05, 0.1) is 6.10 Å². The lowest BCUT2D eigenvalue weighted by Crippen LogP contribution is -2.21. The summed E-state index contributed by atoms with van der Waals surface area (Å²) in [6, 6.07) is 9.26. The van der Waals surface area contributed by atoms with E-state index in [1.54, 1.807) is 0 Å². The summed E-state index contributed by atoms with van der Waals surface area (Å²) in [5.74, 6) is 0. The first-order chi connectivity index (χ1) is 5.84. The third-order valence-electron chi connectivity index (χ3n) is 1.62. The van der Waals surface area contributed by atoms with Crippen LogP contribution in [0.4, 0.5) is 0 Å². The first-order valence-corrected chi connectivity index (χ1v) is 3.86. The van der Waals surface area contributed by atoms with Crippen LogP contribution < -0.4 is 5.32 Å². The number of aliphatic hydroxyl groups excluding tert-OH is 1. The van der Waals surface area contributed by atoms with E-state index in [4.69, 9.17) is 0 Å². The highest BCUT2D eigenvalue weighted by Gasteiger charge is 2.04. The highest BCUT2D eigenvalue weighted by Crippen LogP contribution is 2.09. The third kappa shape index (κ3) is 2.62. The van der Waals surface area contributed by atoms with Crippen molar-refractivity contribution in [2.24, 2.45) is 0 Å². The topological polar surface area (TPSA) is 52.2 Å². The molecular formula is C9H12NO2. The minimum absolute atomic E-state index is 0.313. The molecular weight excluding hydrogens is 154 g/mol. The van der Waals surface area contributed by atoms with E-state index in [9.17, 15) is 10.2 Å². The number of aliphatic hydroxyl groups is 1. The Hall–Kier alpha value is -0.900. The summed E-state index contributed by atoms with van der Waals surface area (Å²) < 4.78 is 0. The van der Waals surface area contributed by atoms with E-state index in [0.29, 0.717) is 6.54 Å². The van der Waals surface area contributed by atoms with Crippen molar-refractivity contribution in [3.05, 3.63) is 35.9 Å². The van der Waals surface area contributed by atoms with Gasteiger partial charge in [0.15, 0.2) is 0 Å². The van der Waals surface area contributed by atoms with Crippen LogP contribution in [0.25, 0.3) is 0 Å². The fraction of sp³-hybridized carbons (Fsp3) is 0.333. The van der Waals surface area contributed by atoms with Gasteiger partial charge in [0.2, 0.25) is 0 Å². The van der Waals surface area contributed by atoms with Gasteiger partial charge in [-0.3, -0.25) is 5.32 Å². The highest BCUT2D eigenvalue weighted by atomic mass is 16.3. The third-order valence-corrected chi connectivity index (χ3v) is 1.62. The molecule has 1 aromatic carbocycles. The molecule has 0 aliphatic heterocycles. The van der Waals surface area contributed by atoms with Crippen LogP contribution in [0.3, 0.4) is 0 Å². The van der Waals surface area contributed by atoms with Crippen LogP contribution in [0.2, 0.25) is 0 Å². The molecule has 0 aliphatic carbocycles. The van der Waals surface area contributed by atoms with Gasteiger partial charge in [0, 0.05) is 6.54 Å². The Labute approximate surface area is 71.7 Å². The van der Waals surface area contributed by atoms with Gasteiger partial charge < -0.3 is 5.11 Å². The van der Waals surface area contributed by atoms with Crippen molar-refractivity contribution in [1.82, 2.24) is 5.32 Å². The molecule has 3 nitrogen and oxygen atoms in total. The van der Waals surface area contributed by atoms with Crippen molar-refractivity contribution >= 4 is 0 Å². The monoisotopic (exact) mass is 166 g/mol. The van der Waals surface area contributed by atoms with E-state index in [1.165, 1.54) is 0 Å². The molecule has 0 aromatic heterocycles. The molecule has 1 rings (SSSR count). The predicted octanol–water partition coefficient (Wildman–Crippen LogP) is 0.698. The number of rotatable bonds is 4. The van der Waals surface area contributed by atoms with E-state index in [-0.39, 0.29) is 6.73 Å². The molecule has 65 valence electrons. The fourth-order valence-corrected chi connectivity index (χ4v) is 0.989. The van der Waals surface area contributed by atoms with Gasteiger partial charge in [-0.2, -0.15) is 0 Å². The van der Waals surface area contributed by atoms with Gasteiger partial charge in [0.1, 0.15) is 6.73 Å². The maximum Gasteiger partial charge on any atom is 0.133 e. The van der Waals surface area contributed by atoms with Crippen molar-refractivity contribution in [2.75, 3.05) is 13.3 Å². The SMILES string of the molecule is [O]CNCC(O)c1ccccc1. The molecule has 1 atom stereocenters. The van der Waals surface area contributed by atoms with Gasteiger partial charge in [-0.25, -0.2) is 5.11 Å². The molecule has 12 heavy (non-hydrogen) atoms. The lowest BCUT2D eigenvalue weighted by molar-refractivity contribution is 0.126. The Kier molecular flexibility index (Phi) is 3.73. The molecule has 0 amide bonds. The second-order valence-corrected chi connectivity index (χ2v) is 2.52. The summed E-state index contributed by atoms with van der Waals surface area (Å²) in [5.41, 5.74) is 0.832. The van der Waals surface area contributed by atoms with E-state index in [1.807, 2.05) is 30.3 Å². The van der Waals surface area contributed by atoms with Crippen LogP contribution in [0.15, 0.2) is 30.3 Å². The van der Waals surface area contributed by atoms with Crippen molar-refractivity contribution in [3.8, 4) is 0 Å². The van der Waals surface area contributed by atoms with Gasteiger partial charge >= 0.3 is 0 Å². The summed E-state index contributed by atoms with van der Waals surface area (Å²) in [5, 5.41) is 22.0. The molecule has 0 spiro atoms. The lowest BCUT2D eigenvalue weighted by atomic mass is 10.1. The molecule has 0 aliphatic rings. The molecule has 1 aromatic rings. The molecule has 2 N–H and O–H groups in total. The molecule has 0 bridgehead atoms. The lowest BCUT2D eigenvalue weighted by Gasteiger charge is -2.09. The first-order valence-electron chi connectivity index (χ1n) is 3.86. The Morgan fingerprint density at radius 3 is 2.58 bits per heavy atom. The van der Waals surface area contributed by atoms with Gasteiger partial charge in [0.25, 0.3) is 0 Å². The fourth-order valence-electron chi connectivity index (χ4n) is 0.989. The number of hydrogen-bond acceptors (Lipinski definition) is 2. The summed E-state index contributed by atoms with van der Waals surface area (Å²) in [6.07, 6.45) is -0.583. The number of benzene rings is 1. The molecule has 1 radical (unpaired) electrons. The van der Waals surface area contributed by atoms with Crippen molar-refractivity contribution in [1.29, 1.82) is 0 Å². The highest BCUT2D eigenvalue weighted by molar-refractivity contribution is 5.17. The zero-order valence-electron chi connectivity index (χ0n) is 6.73. The summed E-state index contributed by atoms with van der Waals surface area (Å²) in [7, 11) is 0. The van der Waals surface area contributed by atoms with E-state index in [2.05, 4.69) is 5.32 Å². The van der Waals surface area contributed by atoms with Crippen LogP contribution >= 0.6 is 0 Å². The zero-order chi connectivity index (χ0) is 8.81. The van der Waals surface area contributed by atoms with Crippen LogP contribution in [0, 0.1) is 0 Å². The minimum Gasteiger partial charge on any atom is -0.387 e. The molecule has 0 heterocycles. The summed E-state index contributed by atoms with van der Waals surface area (Å²) in [4.78, 5) is 0. The summed E-state index contributed by atoms with van der Waals surface area (Å²) >= 11 is 0. The maximum atomic E-state index is 10.0. The van der Waals surface area contributed by atoms with Crippen molar-refractivity contribution in [2.45, 2.75) is 6.10 Å². The number of nitrogens with one attached hydrogen (secondary N) is 1. The van der Waals surface area contributed by atoms with Crippen molar-refractivity contribution < 1.29 is 10.2 Å². The van der Waals surface area contributed by atoms with Crippen LogP contribution in [-0.4, -0.2) is 18.4 Å². The normalized spacial score (nSPS) is 12.8. The molecule has 0 saturated heterocycles. The van der Waals surface area contributed by atoms with E-state index >= 15 is 0 Å². The number of hydrogen-bond donors (Lipinski definition) is 2. The van der Waals surface area contributed by atoms with E-state index in [0.717, 1.165) is 5.56 Å². The van der Waals surface area contributed by atoms with Crippen LogP contribution in [0.1, 0.15) is 11.7 Å². The molecule has 3 heteroatoms.